The Morgan fingerprint density at radius 2 is 2.04 bits per heavy atom. The highest BCUT2D eigenvalue weighted by Crippen LogP contribution is 2.36. The summed E-state index contributed by atoms with van der Waals surface area (Å²) >= 11 is 6.13. The number of hydrogen-bond acceptors (Lipinski definition) is 4. The minimum absolute atomic E-state index is 0.150. The zero-order valence-electron chi connectivity index (χ0n) is 16.3. The number of hydrogen-bond donors (Lipinski definition) is 0. The maximum atomic E-state index is 13.0. The maximum absolute atomic E-state index is 13.0. The van der Waals surface area contributed by atoms with E-state index in [1.54, 1.807) is 17.9 Å². The molecule has 1 aliphatic rings. The lowest BCUT2D eigenvalue weighted by atomic mass is 9.75. The monoisotopic (exact) mass is 400 g/mol. The number of aryl methyl sites for hydroxylation is 1. The minimum Gasteiger partial charge on any atom is -0.466 e. The van der Waals surface area contributed by atoms with Gasteiger partial charge in [-0.2, -0.15) is 0 Å². The Hall–Kier alpha value is -2.40. The summed E-state index contributed by atoms with van der Waals surface area (Å²) in [6.45, 7) is 4.88. The summed E-state index contributed by atoms with van der Waals surface area (Å²) in [6.07, 6.45) is 1.89. The fourth-order valence-electron chi connectivity index (χ4n) is 3.83. The predicted molar refractivity (Wildman–Crippen MR) is 108 cm³/mol. The standard InChI is InChI=1S/C22H25ClN2O3/c1-3-28-21(27)22(14-17-8-5-9-18(23)13-17)11-6-12-25(15-22)20(26)19-10-4-7-16(2)24-19/h4-5,7-10,13H,3,6,11-12,14-15H2,1-2H3. The first-order chi connectivity index (χ1) is 13.4. The van der Waals surface area contributed by atoms with Crippen LogP contribution in [0.15, 0.2) is 42.5 Å². The zero-order valence-corrected chi connectivity index (χ0v) is 17.0. The second-order valence-electron chi connectivity index (χ2n) is 7.30. The quantitative estimate of drug-likeness (QED) is 0.710. The average Bonchev–Trinajstić information content (AvgIpc) is 2.68. The number of halogens is 1. The fourth-order valence-corrected chi connectivity index (χ4v) is 4.05. The van der Waals surface area contributed by atoms with Gasteiger partial charge in [0.05, 0.1) is 12.0 Å². The maximum Gasteiger partial charge on any atom is 0.314 e. The van der Waals surface area contributed by atoms with E-state index < -0.39 is 5.41 Å². The Bertz CT molecular complexity index is 870. The molecule has 1 amide bonds. The molecule has 2 aromatic rings. The number of carbonyl (C=O) groups is 2. The van der Waals surface area contributed by atoms with Crippen LogP contribution < -0.4 is 0 Å². The molecule has 0 saturated carbocycles. The van der Waals surface area contributed by atoms with E-state index in [4.69, 9.17) is 16.3 Å². The number of aromatic nitrogens is 1. The molecule has 1 aromatic carbocycles. The third kappa shape index (κ3) is 4.53. The van der Waals surface area contributed by atoms with E-state index in [2.05, 4.69) is 4.98 Å². The first-order valence-corrected chi connectivity index (χ1v) is 9.96. The number of likely N-dealkylation sites (tertiary alicyclic amines) is 1. The lowest BCUT2D eigenvalue weighted by Gasteiger charge is -2.41. The Labute approximate surface area is 170 Å². The van der Waals surface area contributed by atoms with Crippen LogP contribution in [0.2, 0.25) is 5.02 Å². The number of piperidine rings is 1. The first-order valence-electron chi connectivity index (χ1n) is 9.58. The van der Waals surface area contributed by atoms with E-state index in [1.807, 2.05) is 43.3 Å². The molecule has 148 valence electrons. The smallest absolute Gasteiger partial charge is 0.314 e. The molecule has 1 saturated heterocycles. The summed E-state index contributed by atoms with van der Waals surface area (Å²) in [7, 11) is 0. The van der Waals surface area contributed by atoms with Crippen molar-refractivity contribution in [1.82, 2.24) is 9.88 Å². The van der Waals surface area contributed by atoms with Gasteiger partial charge in [0.2, 0.25) is 0 Å². The van der Waals surface area contributed by atoms with Gasteiger partial charge in [-0.3, -0.25) is 9.59 Å². The number of rotatable bonds is 5. The first kappa shape index (κ1) is 20.3. The molecule has 1 atom stereocenters. The van der Waals surface area contributed by atoms with Crippen molar-refractivity contribution in [2.75, 3.05) is 19.7 Å². The van der Waals surface area contributed by atoms with Crippen molar-refractivity contribution in [2.24, 2.45) is 5.41 Å². The lowest BCUT2D eigenvalue weighted by Crippen LogP contribution is -2.51. The van der Waals surface area contributed by atoms with Crippen LogP contribution in [0.1, 0.15) is 41.5 Å². The molecule has 1 fully saturated rings. The Morgan fingerprint density at radius 1 is 1.25 bits per heavy atom. The molecule has 3 rings (SSSR count). The largest absolute Gasteiger partial charge is 0.466 e. The highest BCUT2D eigenvalue weighted by atomic mass is 35.5. The number of amides is 1. The van der Waals surface area contributed by atoms with Crippen molar-refractivity contribution in [3.63, 3.8) is 0 Å². The van der Waals surface area contributed by atoms with Gasteiger partial charge in [-0.15, -0.1) is 0 Å². The SMILES string of the molecule is CCOC(=O)C1(Cc2cccc(Cl)c2)CCCN(C(=O)c2cccc(C)n2)C1. The fraction of sp³-hybridized carbons (Fsp3) is 0.409. The van der Waals surface area contributed by atoms with E-state index in [9.17, 15) is 9.59 Å². The summed E-state index contributed by atoms with van der Waals surface area (Å²) in [5, 5.41) is 0.629. The van der Waals surface area contributed by atoms with Gasteiger partial charge in [0, 0.05) is 23.8 Å². The van der Waals surface area contributed by atoms with Crippen molar-refractivity contribution in [3.05, 3.63) is 64.4 Å². The summed E-state index contributed by atoms with van der Waals surface area (Å²) in [5.41, 5.74) is 1.38. The molecule has 1 unspecified atom stereocenters. The topological polar surface area (TPSA) is 59.5 Å². The van der Waals surface area contributed by atoms with Crippen molar-refractivity contribution in [3.8, 4) is 0 Å². The molecule has 28 heavy (non-hydrogen) atoms. The molecule has 0 spiro atoms. The van der Waals surface area contributed by atoms with Crippen molar-refractivity contribution < 1.29 is 14.3 Å². The van der Waals surface area contributed by atoms with E-state index in [0.29, 0.717) is 43.3 Å². The summed E-state index contributed by atoms with van der Waals surface area (Å²) < 4.78 is 5.41. The average molecular weight is 401 g/mol. The van der Waals surface area contributed by atoms with Crippen LogP contribution in [-0.2, 0) is 16.0 Å². The summed E-state index contributed by atoms with van der Waals surface area (Å²) in [6, 6.07) is 12.9. The molecule has 0 bridgehead atoms. The Balaban J connectivity index is 1.88. The Kier molecular flexibility index (Phi) is 6.35. The molecular formula is C22H25ClN2O3. The van der Waals surface area contributed by atoms with Gasteiger partial charge >= 0.3 is 5.97 Å². The van der Waals surface area contributed by atoms with Crippen LogP contribution in [0.4, 0.5) is 0 Å². The number of carbonyl (C=O) groups excluding carboxylic acids is 2. The van der Waals surface area contributed by atoms with Crippen LogP contribution in [0, 0.1) is 12.3 Å². The van der Waals surface area contributed by atoms with Crippen LogP contribution in [0.5, 0.6) is 0 Å². The predicted octanol–water partition coefficient (Wildman–Crippen LogP) is 4.07. The van der Waals surface area contributed by atoms with Gasteiger partial charge in [0.1, 0.15) is 5.69 Å². The van der Waals surface area contributed by atoms with Gasteiger partial charge in [0.15, 0.2) is 0 Å². The minimum atomic E-state index is -0.779. The highest BCUT2D eigenvalue weighted by Gasteiger charge is 2.45. The summed E-state index contributed by atoms with van der Waals surface area (Å²) in [5.74, 6) is -0.409. The number of ether oxygens (including phenoxy) is 1. The molecule has 6 heteroatoms. The number of esters is 1. The van der Waals surface area contributed by atoms with Crippen LogP contribution in [0.25, 0.3) is 0 Å². The van der Waals surface area contributed by atoms with Gasteiger partial charge in [-0.1, -0.05) is 29.8 Å². The third-order valence-corrected chi connectivity index (χ3v) is 5.35. The molecule has 0 aliphatic carbocycles. The van der Waals surface area contributed by atoms with Crippen LogP contribution >= 0.6 is 11.6 Å². The Morgan fingerprint density at radius 3 is 2.75 bits per heavy atom. The molecule has 1 aliphatic heterocycles. The molecular weight excluding hydrogens is 376 g/mol. The van der Waals surface area contributed by atoms with Gasteiger partial charge in [-0.05, 0) is 62.9 Å². The molecule has 1 aromatic heterocycles. The molecule has 5 nitrogen and oxygen atoms in total. The molecule has 0 radical (unpaired) electrons. The van der Waals surface area contributed by atoms with E-state index in [0.717, 1.165) is 17.7 Å². The third-order valence-electron chi connectivity index (χ3n) is 5.11. The second kappa shape index (κ2) is 8.74. The second-order valence-corrected chi connectivity index (χ2v) is 7.74. The van der Waals surface area contributed by atoms with E-state index >= 15 is 0 Å². The van der Waals surface area contributed by atoms with E-state index in [-0.39, 0.29) is 11.9 Å². The van der Waals surface area contributed by atoms with Crippen LogP contribution in [-0.4, -0.2) is 41.5 Å². The van der Waals surface area contributed by atoms with Gasteiger partial charge in [0.25, 0.3) is 5.91 Å². The highest BCUT2D eigenvalue weighted by molar-refractivity contribution is 6.30. The molecule has 2 heterocycles. The van der Waals surface area contributed by atoms with E-state index in [1.165, 1.54) is 0 Å². The van der Waals surface area contributed by atoms with Crippen molar-refractivity contribution in [1.29, 1.82) is 0 Å². The number of benzene rings is 1. The normalized spacial score (nSPS) is 19.3. The van der Waals surface area contributed by atoms with Crippen molar-refractivity contribution in [2.45, 2.75) is 33.1 Å². The zero-order chi connectivity index (χ0) is 20.1. The number of pyridine rings is 1. The van der Waals surface area contributed by atoms with Crippen LogP contribution in [0.3, 0.4) is 0 Å². The number of nitrogens with zero attached hydrogens (tertiary/aromatic N) is 2. The van der Waals surface area contributed by atoms with Gasteiger partial charge < -0.3 is 9.64 Å². The molecule has 0 N–H and O–H groups in total. The lowest BCUT2D eigenvalue weighted by molar-refractivity contribution is -0.158. The van der Waals surface area contributed by atoms with Gasteiger partial charge in [-0.25, -0.2) is 4.98 Å². The van der Waals surface area contributed by atoms with Crippen molar-refractivity contribution >= 4 is 23.5 Å². The summed E-state index contributed by atoms with van der Waals surface area (Å²) in [4.78, 5) is 32.1.